The first-order valence-electron chi connectivity index (χ1n) is 10.4. The third-order valence-corrected chi connectivity index (χ3v) is 4.84. The van der Waals surface area contributed by atoms with Crippen molar-refractivity contribution in [3.63, 3.8) is 0 Å². The fourth-order valence-electron chi connectivity index (χ4n) is 3.32. The predicted octanol–water partition coefficient (Wildman–Crippen LogP) is 8.29. The third-order valence-electron chi connectivity index (χ3n) is 4.84. The summed E-state index contributed by atoms with van der Waals surface area (Å²) in [6, 6.07) is 5.32. The van der Waals surface area contributed by atoms with Crippen LogP contribution in [0.1, 0.15) is 24.5 Å². The van der Waals surface area contributed by atoms with Gasteiger partial charge in [-0.05, 0) is 35.7 Å². The van der Waals surface area contributed by atoms with E-state index in [1.807, 2.05) is 6.92 Å². The molecule has 0 spiro atoms. The van der Waals surface area contributed by atoms with Crippen LogP contribution in [0.5, 0.6) is 11.5 Å². The van der Waals surface area contributed by atoms with E-state index in [1.54, 1.807) is 0 Å². The zero-order valence-electron chi connectivity index (χ0n) is 18.4. The monoisotopic (exact) mass is 520 g/mol. The van der Waals surface area contributed by atoms with Crippen LogP contribution >= 0.6 is 0 Å². The lowest BCUT2D eigenvalue weighted by Gasteiger charge is -2.20. The quantitative estimate of drug-likeness (QED) is 0.209. The standard InChI is InChI=1S/C25H17F9O2/c1-2-3-13-4-5-16(17(26)8-13)14-9-18(27)23(19(28)10-14)25(33,34)36-15-11-20(29)24(21(30)12-15)35-7-6-22(31)32/h4-12,22H,2-3H2,1H3/b7-6+. The van der Waals surface area contributed by atoms with Gasteiger partial charge >= 0.3 is 6.11 Å². The van der Waals surface area contributed by atoms with E-state index in [-0.39, 0.29) is 35.6 Å². The second-order valence-electron chi connectivity index (χ2n) is 7.49. The zero-order valence-corrected chi connectivity index (χ0v) is 18.4. The number of rotatable bonds is 9. The lowest BCUT2D eigenvalue weighted by atomic mass is 9.99. The molecule has 0 aliphatic heterocycles. The van der Waals surface area contributed by atoms with Crippen LogP contribution in [0.4, 0.5) is 39.5 Å². The molecule has 0 aliphatic rings. The summed E-state index contributed by atoms with van der Waals surface area (Å²) in [4.78, 5) is 0. The molecule has 36 heavy (non-hydrogen) atoms. The number of aryl methyl sites for hydroxylation is 1. The number of hydrogen-bond donors (Lipinski definition) is 0. The van der Waals surface area contributed by atoms with Gasteiger partial charge in [-0.3, -0.25) is 0 Å². The van der Waals surface area contributed by atoms with E-state index in [4.69, 9.17) is 0 Å². The van der Waals surface area contributed by atoms with Gasteiger partial charge in [-0.2, -0.15) is 8.78 Å². The molecule has 0 atom stereocenters. The van der Waals surface area contributed by atoms with Gasteiger partial charge in [-0.25, -0.2) is 30.7 Å². The Kier molecular flexibility index (Phi) is 8.21. The first kappa shape index (κ1) is 27.0. The van der Waals surface area contributed by atoms with Crippen LogP contribution in [0.25, 0.3) is 11.1 Å². The van der Waals surface area contributed by atoms with Gasteiger partial charge in [-0.15, -0.1) is 0 Å². The Balaban J connectivity index is 1.90. The van der Waals surface area contributed by atoms with E-state index in [0.29, 0.717) is 24.1 Å². The van der Waals surface area contributed by atoms with Crippen molar-refractivity contribution in [1.82, 2.24) is 0 Å². The molecule has 3 aromatic carbocycles. The number of benzene rings is 3. The van der Waals surface area contributed by atoms with Crippen molar-refractivity contribution in [1.29, 1.82) is 0 Å². The highest BCUT2D eigenvalue weighted by Gasteiger charge is 2.41. The average molecular weight is 520 g/mol. The van der Waals surface area contributed by atoms with Crippen molar-refractivity contribution in [3.05, 3.63) is 95.0 Å². The molecule has 0 radical (unpaired) electrons. The molecule has 0 fully saturated rings. The molecule has 0 saturated carbocycles. The van der Waals surface area contributed by atoms with E-state index in [9.17, 15) is 39.5 Å². The van der Waals surface area contributed by atoms with Gasteiger partial charge in [0.05, 0.1) is 6.26 Å². The van der Waals surface area contributed by atoms with Gasteiger partial charge in [-0.1, -0.05) is 25.5 Å². The van der Waals surface area contributed by atoms with E-state index < -0.39 is 58.7 Å². The van der Waals surface area contributed by atoms with Gasteiger partial charge in [0.25, 0.3) is 6.43 Å². The first-order valence-corrected chi connectivity index (χ1v) is 10.4. The molecule has 0 amide bonds. The van der Waals surface area contributed by atoms with Gasteiger partial charge in [0, 0.05) is 23.8 Å². The molecule has 0 saturated heterocycles. The Bertz CT molecular complexity index is 1230. The second-order valence-corrected chi connectivity index (χ2v) is 7.49. The lowest BCUT2D eigenvalue weighted by molar-refractivity contribution is -0.189. The maximum Gasteiger partial charge on any atom is 0.432 e. The summed E-state index contributed by atoms with van der Waals surface area (Å²) >= 11 is 0. The minimum absolute atomic E-state index is 0.165. The normalized spacial score (nSPS) is 12.0. The molecular weight excluding hydrogens is 503 g/mol. The van der Waals surface area contributed by atoms with Crippen molar-refractivity contribution in [3.8, 4) is 22.6 Å². The van der Waals surface area contributed by atoms with E-state index >= 15 is 0 Å². The molecule has 3 aromatic rings. The van der Waals surface area contributed by atoms with Crippen molar-refractivity contribution in [2.45, 2.75) is 32.3 Å². The average Bonchev–Trinajstić information content (AvgIpc) is 2.74. The largest absolute Gasteiger partial charge is 0.459 e. The summed E-state index contributed by atoms with van der Waals surface area (Å²) in [5, 5.41) is 0. The summed E-state index contributed by atoms with van der Waals surface area (Å²) < 4.78 is 134. The molecule has 0 heterocycles. The van der Waals surface area contributed by atoms with Crippen molar-refractivity contribution in [2.75, 3.05) is 0 Å². The van der Waals surface area contributed by atoms with Crippen molar-refractivity contribution in [2.24, 2.45) is 0 Å². The maximum atomic E-state index is 14.6. The maximum absolute atomic E-state index is 14.6. The summed E-state index contributed by atoms with van der Waals surface area (Å²) in [5.41, 5.74) is -1.84. The molecule has 3 rings (SSSR count). The Morgan fingerprint density at radius 3 is 1.97 bits per heavy atom. The SMILES string of the molecule is CCCc1ccc(-c2cc(F)c(C(F)(F)Oc3cc(F)c(O/C=C/C(F)F)c(F)c3)c(F)c2)c(F)c1. The van der Waals surface area contributed by atoms with Crippen LogP contribution in [0.15, 0.2) is 54.8 Å². The molecule has 0 aromatic heterocycles. The highest BCUT2D eigenvalue weighted by Crippen LogP contribution is 2.39. The molecule has 192 valence electrons. The third kappa shape index (κ3) is 6.13. The van der Waals surface area contributed by atoms with Gasteiger partial charge in [0.15, 0.2) is 17.4 Å². The highest BCUT2D eigenvalue weighted by molar-refractivity contribution is 5.65. The molecule has 11 heteroatoms. The second kappa shape index (κ2) is 11.0. The summed E-state index contributed by atoms with van der Waals surface area (Å²) in [6.45, 7) is 1.87. The minimum atomic E-state index is -4.76. The predicted molar refractivity (Wildman–Crippen MR) is 112 cm³/mol. The number of allylic oxidation sites excluding steroid dienone is 1. The summed E-state index contributed by atoms with van der Waals surface area (Å²) in [6.07, 6.45) is -6.00. The number of ether oxygens (including phenoxy) is 2. The van der Waals surface area contributed by atoms with Crippen LogP contribution in [0.3, 0.4) is 0 Å². The Morgan fingerprint density at radius 1 is 0.833 bits per heavy atom. The van der Waals surface area contributed by atoms with Crippen LogP contribution in [0.2, 0.25) is 0 Å². The van der Waals surface area contributed by atoms with E-state index in [1.165, 1.54) is 18.2 Å². The minimum Gasteiger partial charge on any atom is -0.459 e. The highest BCUT2D eigenvalue weighted by atomic mass is 19.3. The first-order chi connectivity index (χ1) is 16.9. The summed E-state index contributed by atoms with van der Waals surface area (Å²) in [7, 11) is 0. The summed E-state index contributed by atoms with van der Waals surface area (Å²) in [5.74, 6) is -10.0. The molecule has 0 aliphatic carbocycles. The Hall–Kier alpha value is -3.63. The van der Waals surface area contributed by atoms with Gasteiger partial charge < -0.3 is 9.47 Å². The molecule has 0 bridgehead atoms. The van der Waals surface area contributed by atoms with Crippen LogP contribution in [-0.4, -0.2) is 6.43 Å². The van der Waals surface area contributed by atoms with Crippen LogP contribution < -0.4 is 9.47 Å². The van der Waals surface area contributed by atoms with Crippen molar-refractivity contribution >= 4 is 0 Å². The lowest BCUT2D eigenvalue weighted by Crippen LogP contribution is -2.25. The van der Waals surface area contributed by atoms with Crippen LogP contribution in [-0.2, 0) is 12.5 Å². The number of alkyl halides is 4. The van der Waals surface area contributed by atoms with Gasteiger partial charge in [0.2, 0.25) is 0 Å². The topological polar surface area (TPSA) is 18.5 Å². The fourth-order valence-corrected chi connectivity index (χ4v) is 3.32. The zero-order chi connectivity index (χ0) is 26.6. The van der Waals surface area contributed by atoms with Crippen LogP contribution in [0, 0.1) is 29.1 Å². The number of halogens is 9. The van der Waals surface area contributed by atoms with Crippen molar-refractivity contribution < 1.29 is 49.0 Å². The molecule has 0 unspecified atom stereocenters. The molecule has 0 N–H and O–H groups in total. The van der Waals surface area contributed by atoms with Gasteiger partial charge in [0.1, 0.15) is 28.8 Å². The fraction of sp³-hybridized carbons (Fsp3) is 0.200. The molecular formula is C25H17F9O2. The number of hydrogen-bond acceptors (Lipinski definition) is 2. The smallest absolute Gasteiger partial charge is 0.432 e. The van der Waals surface area contributed by atoms with E-state index in [0.717, 1.165) is 6.42 Å². The Labute approximate surface area is 199 Å². The Morgan fingerprint density at radius 2 is 1.44 bits per heavy atom. The van der Waals surface area contributed by atoms with E-state index in [2.05, 4.69) is 9.47 Å². The molecule has 2 nitrogen and oxygen atoms in total.